The van der Waals surface area contributed by atoms with Crippen molar-refractivity contribution in [3.8, 4) is 43.7 Å². The molecule has 8 aromatic rings. The normalized spacial score (nSPS) is 12.3. The molecular weight excluding hydrogens is 1020 g/mol. The molecule has 0 fully saturated rings. The second-order valence-corrected chi connectivity index (χ2v) is 23.3. The molecule has 2 aromatic carbocycles. The Labute approximate surface area is 420 Å². The molecule has 5 N–H and O–H groups in total. The van der Waals surface area contributed by atoms with E-state index in [0.29, 0.717) is 42.7 Å². The Morgan fingerprint density at radius 2 is 1.17 bits per heavy atom. The van der Waals surface area contributed by atoms with Crippen LogP contribution in [0.15, 0.2) is 117 Å². The summed E-state index contributed by atoms with van der Waals surface area (Å²) in [5.41, 5.74) is 4.49. The Kier molecular flexibility index (Phi) is 14.6. The average molecular weight is 1070 g/mol. The fourth-order valence-electron chi connectivity index (χ4n) is 7.20. The number of sulfonamides is 2. The second-order valence-electron chi connectivity index (χ2n) is 17.6. The molecule has 0 saturated carbocycles. The molecule has 71 heavy (non-hydrogen) atoms. The van der Waals surface area contributed by atoms with Crippen LogP contribution in [0.5, 0.6) is 0 Å². The van der Waals surface area contributed by atoms with E-state index in [-0.39, 0.29) is 43.3 Å². The van der Waals surface area contributed by atoms with E-state index < -0.39 is 54.4 Å². The molecule has 372 valence electrons. The Hall–Kier alpha value is -6.70. The molecule has 6 aromatic heterocycles. The van der Waals surface area contributed by atoms with Gasteiger partial charge >= 0.3 is 6.09 Å². The summed E-state index contributed by atoms with van der Waals surface area (Å²) in [7, 11) is -8.15. The summed E-state index contributed by atoms with van der Waals surface area (Å²) in [5, 5.41) is 11.0. The van der Waals surface area contributed by atoms with Gasteiger partial charge in [-0.2, -0.15) is 0 Å². The van der Waals surface area contributed by atoms with Gasteiger partial charge in [-0.1, -0.05) is 12.1 Å². The second kappa shape index (κ2) is 19.8. The number of nitrogens with one attached hydrogen (secondary N) is 2. The molecule has 18 nitrogen and oxygen atoms in total. The van der Waals surface area contributed by atoms with E-state index in [1.165, 1.54) is 77.4 Å². The standard InChI is InChI=1S/C25H25ClFN5O5S2.C21H20FN5O3S2/c1-24(2,3)32(23(33)34)25(4,5)21-30-19(20(38-21)17-9-11-28-22(26)29-17)15-7-6-8-16(18(15)27)31-39(35,36)14-10-12-37-13-14;1-12-24-9-7-16(25-12)19-18(26-20(31-19)21(2,3)23)14-5-4-6-15(17(14)22)27-32(28,29)13-8-10-30-11-13/h6-13,31H,1-5H3,(H,33,34);4-11,27H,23H2,1-3H3. The van der Waals surface area contributed by atoms with Crippen molar-refractivity contribution < 1.29 is 44.4 Å². The van der Waals surface area contributed by atoms with Crippen molar-refractivity contribution in [2.45, 2.75) is 81.8 Å². The van der Waals surface area contributed by atoms with Crippen LogP contribution in [0.2, 0.25) is 5.28 Å². The zero-order chi connectivity index (χ0) is 51.8. The van der Waals surface area contributed by atoms with Crippen LogP contribution in [0.3, 0.4) is 0 Å². The van der Waals surface area contributed by atoms with Crippen LogP contribution in [-0.4, -0.2) is 68.4 Å². The number of carboxylic acid groups (broad SMARTS) is 1. The molecule has 25 heteroatoms. The third-order valence-electron chi connectivity index (χ3n) is 10.2. The van der Waals surface area contributed by atoms with Crippen LogP contribution in [0, 0.1) is 18.6 Å². The van der Waals surface area contributed by atoms with E-state index in [1.807, 2.05) is 0 Å². The fourth-order valence-corrected chi connectivity index (χ4v) is 11.5. The Bertz CT molecular complexity index is 3470. The van der Waals surface area contributed by atoms with Crippen molar-refractivity contribution in [2.24, 2.45) is 5.73 Å². The number of aryl methyl sites for hydroxylation is 1. The number of aromatic nitrogens is 6. The SMILES string of the molecule is CC(C)(C)N(C(=O)O)C(C)(C)c1nc(-c2cccc(NS(=O)(=O)c3ccoc3)c2F)c(-c2ccnc(Cl)n2)s1.Cc1nccc(-c2sc(C(C)(C)N)nc2-c2cccc(NS(=O)(=O)c3ccoc3)c2F)n1. The van der Waals surface area contributed by atoms with Gasteiger partial charge in [-0.3, -0.25) is 14.3 Å². The van der Waals surface area contributed by atoms with Gasteiger partial charge in [0.25, 0.3) is 20.0 Å². The predicted octanol–water partition coefficient (Wildman–Crippen LogP) is 10.8. The molecule has 0 atom stereocenters. The highest BCUT2D eigenvalue weighted by atomic mass is 35.5. The summed E-state index contributed by atoms with van der Waals surface area (Å²) in [6.07, 6.45) is 6.40. The third kappa shape index (κ3) is 11.3. The van der Waals surface area contributed by atoms with Gasteiger partial charge in [-0.25, -0.2) is 60.3 Å². The van der Waals surface area contributed by atoms with Crippen LogP contribution < -0.4 is 15.2 Å². The van der Waals surface area contributed by atoms with Crippen LogP contribution in [0.25, 0.3) is 43.7 Å². The lowest BCUT2D eigenvalue weighted by atomic mass is 9.95. The quantitative estimate of drug-likeness (QED) is 0.0783. The molecule has 0 saturated heterocycles. The molecule has 0 bridgehead atoms. The molecule has 0 spiro atoms. The van der Waals surface area contributed by atoms with Crippen molar-refractivity contribution in [3.05, 3.63) is 131 Å². The Morgan fingerprint density at radius 3 is 1.59 bits per heavy atom. The summed E-state index contributed by atoms with van der Waals surface area (Å²) >= 11 is 8.47. The number of nitrogens with zero attached hydrogens (tertiary/aromatic N) is 7. The summed E-state index contributed by atoms with van der Waals surface area (Å²) in [6, 6.07) is 14.4. The monoisotopic (exact) mass is 1070 g/mol. The number of amides is 1. The van der Waals surface area contributed by atoms with Gasteiger partial charge in [0.15, 0.2) is 11.6 Å². The number of anilines is 2. The zero-order valence-electron chi connectivity index (χ0n) is 39.0. The lowest BCUT2D eigenvalue weighted by Crippen LogP contribution is -2.54. The van der Waals surface area contributed by atoms with Crippen LogP contribution >= 0.6 is 34.3 Å². The van der Waals surface area contributed by atoms with Gasteiger partial charge in [0.2, 0.25) is 5.28 Å². The predicted molar refractivity (Wildman–Crippen MR) is 266 cm³/mol. The molecule has 6 heterocycles. The Balaban J connectivity index is 0.000000213. The average Bonchev–Trinajstić information content (AvgIpc) is 4.12. The minimum Gasteiger partial charge on any atom is -0.471 e. The Morgan fingerprint density at radius 1 is 0.704 bits per heavy atom. The molecule has 0 aliphatic heterocycles. The molecule has 8 rings (SSSR count). The first-order valence-corrected chi connectivity index (χ1v) is 26.0. The lowest BCUT2D eigenvalue weighted by Gasteiger charge is -2.44. The van der Waals surface area contributed by atoms with E-state index in [1.54, 1.807) is 79.8 Å². The molecule has 0 unspecified atom stereocenters. The maximum absolute atomic E-state index is 15.9. The number of hydrogen-bond acceptors (Lipinski definition) is 16. The number of benzene rings is 2. The van der Waals surface area contributed by atoms with E-state index in [0.717, 1.165) is 23.9 Å². The summed E-state index contributed by atoms with van der Waals surface area (Å²) in [6.45, 7) is 14.1. The van der Waals surface area contributed by atoms with E-state index in [4.69, 9.17) is 31.2 Å². The number of halogens is 3. The molecule has 1 amide bonds. The van der Waals surface area contributed by atoms with Crippen molar-refractivity contribution >= 4 is 71.8 Å². The maximum atomic E-state index is 15.9. The molecule has 0 radical (unpaired) electrons. The largest absolute Gasteiger partial charge is 0.471 e. The highest BCUT2D eigenvalue weighted by molar-refractivity contribution is 7.93. The van der Waals surface area contributed by atoms with Crippen LogP contribution in [0.4, 0.5) is 25.0 Å². The minimum absolute atomic E-state index is 0.0249. The van der Waals surface area contributed by atoms with Crippen molar-refractivity contribution in [2.75, 3.05) is 9.44 Å². The smallest absolute Gasteiger partial charge is 0.408 e. The number of hydrogen-bond donors (Lipinski definition) is 4. The van der Waals surface area contributed by atoms with Crippen LogP contribution in [0.1, 0.15) is 64.3 Å². The molecule has 0 aliphatic carbocycles. The first-order valence-electron chi connectivity index (χ1n) is 21.0. The third-order valence-corrected chi connectivity index (χ3v) is 15.9. The maximum Gasteiger partial charge on any atom is 0.408 e. The number of furan rings is 2. The van der Waals surface area contributed by atoms with Crippen molar-refractivity contribution in [3.63, 3.8) is 0 Å². The number of nitrogens with two attached hydrogens (primary N) is 1. The zero-order valence-corrected chi connectivity index (χ0v) is 43.0. The van der Waals surface area contributed by atoms with Gasteiger partial charge in [-0.05, 0) is 116 Å². The van der Waals surface area contributed by atoms with Gasteiger partial charge in [-0.15, -0.1) is 22.7 Å². The number of rotatable bonds is 13. The summed E-state index contributed by atoms with van der Waals surface area (Å²) < 4.78 is 96.2. The minimum atomic E-state index is -4.13. The van der Waals surface area contributed by atoms with E-state index in [2.05, 4.69) is 34.4 Å². The van der Waals surface area contributed by atoms with E-state index in [9.17, 15) is 26.7 Å². The number of thiazole rings is 2. The highest BCUT2D eigenvalue weighted by Crippen LogP contribution is 2.45. The van der Waals surface area contributed by atoms with Gasteiger partial charge in [0, 0.05) is 29.1 Å². The first kappa shape index (κ1) is 52.1. The first-order chi connectivity index (χ1) is 33.2. The van der Waals surface area contributed by atoms with Crippen molar-refractivity contribution in [1.82, 2.24) is 34.8 Å². The molecular formula is C46H45ClF2N10O8S4. The fraction of sp³-hybridized carbons (Fsp3) is 0.239. The topological polar surface area (TPSA) is 263 Å². The van der Waals surface area contributed by atoms with Gasteiger partial charge < -0.3 is 19.7 Å². The summed E-state index contributed by atoms with van der Waals surface area (Å²) in [4.78, 5) is 40.3. The van der Waals surface area contributed by atoms with Crippen LogP contribution in [-0.2, 0) is 31.1 Å². The van der Waals surface area contributed by atoms with E-state index >= 15 is 8.78 Å². The lowest BCUT2D eigenvalue weighted by molar-refractivity contribution is 0.0313. The highest BCUT2D eigenvalue weighted by Gasteiger charge is 2.43. The summed E-state index contributed by atoms with van der Waals surface area (Å²) in [5.74, 6) is -1.10. The van der Waals surface area contributed by atoms with Gasteiger partial charge in [0.1, 0.15) is 38.2 Å². The number of carbonyl (C=O) groups is 1. The molecule has 0 aliphatic rings. The van der Waals surface area contributed by atoms with Crippen molar-refractivity contribution in [1.29, 1.82) is 0 Å². The van der Waals surface area contributed by atoms with Gasteiger partial charge in [0.05, 0.1) is 67.5 Å².